The normalized spacial score (nSPS) is 25.0. The minimum Gasteiger partial charge on any atom is -0.393 e. The van der Waals surface area contributed by atoms with Gasteiger partial charge < -0.3 is 9.84 Å². The quantitative estimate of drug-likeness (QED) is 0.894. The molecule has 1 atom stereocenters. The number of hydrogen-bond donors (Lipinski definition) is 1. The number of aliphatic hydroxyl groups is 1. The fourth-order valence-corrected chi connectivity index (χ4v) is 2.58. The smallest absolute Gasteiger partial charge is 0.0951 e. The van der Waals surface area contributed by atoms with Gasteiger partial charge in [-0.2, -0.15) is 0 Å². The fourth-order valence-electron chi connectivity index (χ4n) is 2.17. The molecule has 0 heterocycles. The Morgan fingerprint density at radius 2 is 2.27 bits per heavy atom. The van der Waals surface area contributed by atoms with Crippen LogP contribution in [0.4, 0.5) is 0 Å². The van der Waals surface area contributed by atoms with E-state index in [0.717, 1.165) is 23.7 Å². The molecule has 1 N–H and O–H groups in total. The first-order chi connectivity index (χ1) is 7.19. The highest BCUT2D eigenvalue weighted by molar-refractivity contribution is 9.10. The van der Waals surface area contributed by atoms with Crippen molar-refractivity contribution in [2.24, 2.45) is 0 Å². The predicted molar refractivity (Wildman–Crippen MR) is 63.0 cm³/mol. The lowest BCUT2D eigenvalue weighted by molar-refractivity contribution is -0.0607. The molecule has 0 fully saturated rings. The summed E-state index contributed by atoms with van der Waals surface area (Å²) in [6.07, 6.45) is 2.68. The molecular formula is C12H15BrO2. The van der Waals surface area contributed by atoms with Gasteiger partial charge in [-0.1, -0.05) is 22.0 Å². The van der Waals surface area contributed by atoms with Crippen LogP contribution in [0.3, 0.4) is 0 Å². The zero-order valence-corrected chi connectivity index (χ0v) is 10.4. The van der Waals surface area contributed by atoms with Gasteiger partial charge >= 0.3 is 0 Å². The minimum absolute atomic E-state index is 0.0927. The van der Waals surface area contributed by atoms with E-state index in [-0.39, 0.29) is 12.2 Å². The van der Waals surface area contributed by atoms with Crippen molar-refractivity contribution in [3.05, 3.63) is 33.8 Å². The van der Waals surface area contributed by atoms with Crippen LogP contribution in [0.25, 0.3) is 0 Å². The summed E-state index contributed by atoms with van der Waals surface area (Å²) in [5.74, 6) is 0. The van der Waals surface area contributed by atoms with Gasteiger partial charge in [-0.3, -0.25) is 0 Å². The summed E-state index contributed by atoms with van der Waals surface area (Å²) >= 11 is 3.47. The van der Waals surface area contributed by atoms with Crippen molar-refractivity contribution in [1.29, 1.82) is 0 Å². The summed E-state index contributed by atoms with van der Waals surface area (Å²) < 4.78 is 6.55. The molecule has 0 aromatic heterocycles. The van der Waals surface area contributed by atoms with E-state index < -0.39 is 0 Å². The van der Waals surface area contributed by atoms with E-state index in [1.54, 1.807) is 7.11 Å². The summed E-state index contributed by atoms with van der Waals surface area (Å²) in [6, 6.07) is 6.34. The van der Waals surface area contributed by atoms with Gasteiger partial charge in [0.25, 0.3) is 0 Å². The molecule has 0 bridgehead atoms. The van der Waals surface area contributed by atoms with Gasteiger partial charge in [0.1, 0.15) is 0 Å². The summed E-state index contributed by atoms with van der Waals surface area (Å²) in [4.78, 5) is 0. The number of hydrogen-bond acceptors (Lipinski definition) is 2. The second-order valence-electron chi connectivity index (χ2n) is 4.14. The first-order valence-electron chi connectivity index (χ1n) is 5.12. The molecule has 2 rings (SSSR count). The number of fused-ring (bicyclic) bond motifs is 1. The molecule has 1 aromatic carbocycles. The van der Waals surface area contributed by atoms with Crippen LogP contribution in [0.15, 0.2) is 22.7 Å². The number of aliphatic hydroxyl groups excluding tert-OH is 1. The number of halogens is 1. The first-order valence-corrected chi connectivity index (χ1v) is 5.92. The van der Waals surface area contributed by atoms with Crippen LogP contribution in [0.5, 0.6) is 0 Å². The maximum atomic E-state index is 9.40. The number of rotatable bonds is 2. The van der Waals surface area contributed by atoms with Crippen LogP contribution < -0.4 is 0 Å². The molecule has 1 unspecified atom stereocenters. The van der Waals surface area contributed by atoms with Crippen LogP contribution in [-0.4, -0.2) is 24.4 Å². The van der Waals surface area contributed by atoms with Crippen LogP contribution in [0.2, 0.25) is 0 Å². The van der Waals surface area contributed by atoms with E-state index in [4.69, 9.17) is 4.74 Å². The van der Waals surface area contributed by atoms with Crippen LogP contribution in [0, 0.1) is 0 Å². The minimum atomic E-state index is -0.367. The van der Waals surface area contributed by atoms with E-state index in [2.05, 4.69) is 34.1 Å². The molecule has 1 aliphatic carbocycles. The first kappa shape index (κ1) is 11.1. The van der Waals surface area contributed by atoms with E-state index in [0.29, 0.717) is 0 Å². The topological polar surface area (TPSA) is 29.5 Å². The SMILES string of the molecule is COC1(CO)CCc2ccc(Br)cc2C1. The monoisotopic (exact) mass is 270 g/mol. The average Bonchev–Trinajstić information content (AvgIpc) is 2.28. The van der Waals surface area contributed by atoms with Crippen molar-refractivity contribution in [2.75, 3.05) is 13.7 Å². The Bertz CT molecular complexity index is 359. The maximum absolute atomic E-state index is 9.40. The van der Waals surface area contributed by atoms with E-state index >= 15 is 0 Å². The number of methoxy groups -OCH3 is 1. The molecule has 0 saturated carbocycles. The van der Waals surface area contributed by atoms with Crippen molar-refractivity contribution in [3.63, 3.8) is 0 Å². The molecule has 0 radical (unpaired) electrons. The van der Waals surface area contributed by atoms with E-state index in [1.165, 1.54) is 11.1 Å². The number of benzene rings is 1. The Morgan fingerprint density at radius 1 is 1.47 bits per heavy atom. The molecule has 1 aromatic rings. The standard InChI is InChI=1S/C12H15BrO2/c1-15-12(8-14)5-4-9-2-3-11(13)6-10(9)7-12/h2-3,6,14H,4-5,7-8H2,1H3. The zero-order chi connectivity index (χ0) is 10.9. The van der Waals surface area contributed by atoms with Crippen LogP contribution in [-0.2, 0) is 17.6 Å². The van der Waals surface area contributed by atoms with Gasteiger partial charge in [-0.25, -0.2) is 0 Å². The average molecular weight is 271 g/mol. The molecule has 0 aliphatic heterocycles. The molecular weight excluding hydrogens is 256 g/mol. The predicted octanol–water partition coefficient (Wildman–Crippen LogP) is 2.32. The second kappa shape index (κ2) is 4.24. The Labute approximate surface area is 98.4 Å². The Morgan fingerprint density at radius 3 is 2.93 bits per heavy atom. The molecule has 3 heteroatoms. The summed E-state index contributed by atoms with van der Waals surface area (Å²) in [5.41, 5.74) is 2.29. The molecule has 1 aliphatic rings. The van der Waals surface area contributed by atoms with E-state index in [9.17, 15) is 5.11 Å². The fraction of sp³-hybridized carbons (Fsp3) is 0.500. The van der Waals surface area contributed by atoms with Gasteiger partial charge in [0.15, 0.2) is 0 Å². The number of aryl methyl sites for hydroxylation is 1. The highest BCUT2D eigenvalue weighted by atomic mass is 79.9. The summed E-state index contributed by atoms with van der Waals surface area (Å²) in [5, 5.41) is 9.40. The van der Waals surface area contributed by atoms with Gasteiger partial charge in [0.05, 0.1) is 12.2 Å². The van der Waals surface area contributed by atoms with Crippen molar-refractivity contribution < 1.29 is 9.84 Å². The third-order valence-corrected chi connectivity index (χ3v) is 3.75. The van der Waals surface area contributed by atoms with Crippen LogP contribution in [0.1, 0.15) is 17.5 Å². The van der Waals surface area contributed by atoms with Gasteiger partial charge in [-0.05, 0) is 36.1 Å². The maximum Gasteiger partial charge on any atom is 0.0951 e. The van der Waals surface area contributed by atoms with E-state index in [1.807, 2.05) is 0 Å². The lowest BCUT2D eigenvalue weighted by atomic mass is 9.81. The molecule has 2 nitrogen and oxygen atoms in total. The molecule has 0 saturated heterocycles. The zero-order valence-electron chi connectivity index (χ0n) is 8.79. The van der Waals surface area contributed by atoms with Crippen LogP contribution >= 0.6 is 15.9 Å². The molecule has 15 heavy (non-hydrogen) atoms. The lowest BCUT2D eigenvalue weighted by Gasteiger charge is -2.35. The van der Waals surface area contributed by atoms with Gasteiger partial charge in [0.2, 0.25) is 0 Å². The highest BCUT2D eigenvalue weighted by Gasteiger charge is 2.33. The Balaban J connectivity index is 2.32. The van der Waals surface area contributed by atoms with Gasteiger partial charge in [-0.15, -0.1) is 0 Å². The summed E-state index contributed by atoms with van der Waals surface area (Å²) in [7, 11) is 1.68. The van der Waals surface area contributed by atoms with Crippen molar-refractivity contribution in [2.45, 2.75) is 24.9 Å². The highest BCUT2D eigenvalue weighted by Crippen LogP contribution is 2.32. The number of ether oxygens (including phenoxy) is 1. The summed E-state index contributed by atoms with van der Waals surface area (Å²) in [6.45, 7) is 0.0927. The Kier molecular flexibility index (Phi) is 3.14. The molecule has 0 spiro atoms. The third kappa shape index (κ3) is 2.10. The molecule has 0 amide bonds. The third-order valence-electron chi connectivity index (χ3n) is 3.25. The Hall–Kier alpha value is -0.380. The molecule has 82 valence electrons. The van der Waals surface area contributed by atoms with Crippen molar-refractivity contribution in [3.8, 4) is 0 Å². The second-order valence-corrected chi connectivity index (χ2v) is 5.05. The lowest BCUT2D eigenvalue weighted by Crippen LogP contribution is -2.41. The van der Waals surface area contributed by atoms with Crippen molar-refractivity contribution >= 4 is 15.9 Å². The van der Waals surface area contributed by atoms with Gasteiger partial charge in [0, 0.05) is 18.0 Å². The largest absolute Gasteiger partial charge is 0.393 e. The van der Waals surface area contributed by atoms with Crippen molar-refractivity contribution in [1.82, 2.24) is 0 Å².